The molecular weight excluding hydrogens is 288 g/mol. The van der Waals surface area contributed by atoms with E-state index in [0.29, 0.717) is 0 Å². The summed E-state index contributed by atoms with van der Waals surface area (Å²) >= 11 is 0. The predicted molar refractivity (Wildman–Crippen MR) is 49.7 cm³/mol. The maximum Gasteiger partial charge on any atom is 0.335 e. The second-order valence-electron chi connectivity index (χ2n) is 2.48. The van der Waals surface area contributed by atoms with Crippen molar-refractivity contribution in [2.75, 3.05) is 0 Å². The number of hydrogen-bond donors (Lipinski definition) is 1. The van der Waals surface area contributed by atoms with Gasteiger partial charge in [-0.15, -0.1) is 0 Å². The minimum absolute atomic E-state index is 0. The zero-order chi connectivity index (χ0) is 11.5. The van der Waals surface area contributed by atoms with E-state index >= 15 is 0 Å². The summed E-state index contributed by atoms with van der Waals surface area (Å²) in [6, 6.07) is 4.35. The van der Waals surface area contributed by atoms with E-state index in [4.69, 9.17) is 10.6 Å². The molecule has 80 valence electrons. The van der Waals surface area contributed by atoms with Crippen molar-refractivity contribution in [1.82, 2.24) is 0 Å². The van der Waals surface area contributed by atoms with Crippen LogP contribution < -0.4 is 0 Å². The Labute approximate surface area is 104 Å². The third-order valence-electron chi connectivity index (χ3n) is 1.54. The van der Waals surface area contributed by atoms with E-state index in [0.717, 1.165) is 24.3 Å². The minimum atomic E-state index is -4.04. The van der Waals surface area contributed by atoms with Crippen LogP contribution in [0.2, 0.25) is 0 Å². The molecule has 0 aromatic heterocycles. The number of hydrogen-bond acceptors (Lipinski definition) is 3. The fourth-order valence-electron chi connectivity index (χ4n) is 0.865. The van der Waals surface area contributed by atoms with E-state index in [-0.39, 0.29) is 29.9 Å². The zero-order valence-corrected chi connectivity index (χ0v) is 11.7. The van der Waals surface area contributed by atoms with Crippen LogP contribution in [0.4, 0.5) is 0 Å². The second kappa shape index (κ2) is 5.60. The monoisotopic (exact) mass is 291 g/mol. The van der Waals surface area contributed by atoms with Gasteiger partial charge in [-0.25, -0.2) is 13.2 Å². The summed E-state index contributed by atoms with van der Waals surface area (Å²) in [5.74, 6) is -1.16. The van der Waals surface area contributed by atoms with Gasteiger partial charge >= 0.3 is 5.97 Å². The molecule has 1 rings (SSSR count). The quantitative estimate of drug-likeness (QED) is 0.391. The fourth-order valence-corrected chi connectivity index (χ4v) is 1.54. The molecule has 0 fully saturated rings. The third-order valence-corrected chi connectivity index (χ3v) is 2.70. The van der Waals surface area contributed by atoms with Crippen LogP contribution in [0.25, 0.3) is 10.4 Å². The molecule has 0 saturated carbocycles. The molecule has 7 nitrogen and oxygen atoms in total. The number of aromatic carboxylic acids is 1. The second-order valence-corrected chi connectivity index (χ2v) is 4.06. The van der Waals surface area contributed by atoms with E-state index < -0.39 is 16.0 Å². The average molecular weight is 293 g/mol. The summed E-state index contributed by atoms with van der Waals surface area (Å²) in [6.45, 7) is 0. The molecule has 0 saturated heterocycles. The molecule has 1 N–H and O–H groups in total. The molecule has 9 heteroatoms. The Morgan fingerprint density at radius 2 is 1.81 bits per heavy atom. The maximum atomic E-state index is 11.1. The first-order chi connectivity index (χ1) is 6.97. The summed E-state index contributed by atoms with van der Waals surface area (Å²) in [4.78, 5) is 12.4. The minimum Gasteiger partial charge on any atom is -0.478 e. The van der Waals surface area contributed by atoms with E-state index in [2.05, 4.69) is 9.43 Å². The van der Waals surface area contributed by atoms with Crippen molar-refractivity contribution >= 4 is 16.0 Å². The zero-order valence-electron chi connectivity index (χ0n) is 7.94. The summed E-state index contributed by atoms with van der Waals surface area (Å²) in [5, 5.41) is 8.55. The molecule has 0 aliphatic heterocycles. The van der Waals surface area contributed by atoms with Crippen LogP contribution in [0.3, 0.4) is 0 Å². The maximum absolute atomic E-state index is 11.1. The number of benzene rings is 1. The van der Waals surface area contributed by atoms with E-state index in [1.807, 2.05) is 0 Å². The van der Waals surface area contributed by atoms with Crippen molar-refractivity contribution < 1.29 is 37.8 Å². The SMILES string of the molecule is [N-]=[N+]=NS(=O)(=O)c1ccc(C(=O)O)cc1.[Zn]. The number of carboxylic acids is 1. The summed E-state index contributed by atoms with van der Waals surface area (Å²) in [6.07, 6.45) is 0. The van der Waals surface area contributed by atoms with Crippen LogP contribution in [0.15, 0.2) is 33.7 Å². The van der Waals surface area contributed by atoms with E-state index in [1.54, 1.807) is 0 Å². The molecule has 0 bridgehead atoms. The van der Waals surface area contributed by atoms with Crippen molar-refractivity contribution in [1.29, 1.82) is 0 Å². The number of carbonyl (C=O) groups is 1. The Bertz CT molecular complexity index is 533. The molecule has 0 spiro atoms. The number of azide groups is 1. The molecule has 1 aromatic carbocycles. The number of sulfonamides is 1. The van der Waals surface area contributed by atoms with Gasteiger partial charge in [0, 0.05) is 28.9 Å². The first-order valence-corrected chi connectivity index (χ1v) is 5.06. The molecule has 0 radical (unpaired) electrons. The average Bonchev–Trinajstić information content (AvgIpc) is 2.18. The van der Waals surface area contributed by atoms with Gasteiger partial charge in [0.15, 0.2) is 0 Å². The molecule has 0 amide bonds. The third kappa shape index (κ3) is 3.31. The van der Waals surface area contributed by atoms with Crippen molar-refractivity contribution in [2.24, 2.45) is 4.52 Å². The molecule has 0 atom stereocenters. The number of carboxylic acid groups (broad SMARTS) is 1. The number of rotatable bonds is 3. The molecule has 0 unspecified atom stereocenters. The van der Waals surface area contributed by atoms with Crippen LogP contribution in [0, 0.1) is 0 Å². The first-order valence-electron chi connectivity index (χ1n) is 3.62. The van der Waals surface area contributed by atoms with Crippen molar-refractivity contribution in [3.05, 3.63) is 40.3 Å². The van der Waals surface area contributed by atoms with Crippen LogP contribution in [0.5, 0.6) is 0 Å². The van der Waals surface area contributed by atoms with E-state index in [1.165, 1.54) is 0 Å². The Morgan fingerprint density at radius 1 is 1.31 bits per heavy atom. The molecule has 1 aromatic rings. The summed E-state index contributed by atoms with van der Waals surface area (Å²) in [7, 11) is -4.04. The van der Waals surface area contributed by atoms with Crippen LogP contribution in [-0.2, 0) is 29.5 Å². The van der Waals surface area contributed by atoms with E-state index in [9.17, 15) is 13.2 Å². The van der Waals surface area contributed by atoms with Gasteiger partial charge in [-0.05, 0) is 29.8 Å². The van der Waals surface area contributed by atoms with Crippen molar-refractivity contribution in [2.45, 2.75) is 4.90 Å². The first kappa shape index (κ1) is 14.6. The van der Waals surface area contributed by atoms with Crippen molar-refractivity contribution in [3.8, 4) is 0 Å². The van der Waals surface area contributed by atoms with Gasteiger partial charge in [0.1, 0.15) is 0 Å². The topological polar surface area (TPSA) is 120 Å². The fraction of sp³-hybridized carbons (Fsp3) is 0. The summed E-state index contributed by atoms with van der Waals surface area (Å²) < 4.78 is 24.9. The normalized spacial score (nSPS) is 9.75. The predicted octanol–water partition coefficient (Wildman–Crippen LogP) is 1.38. The van der Waals surface area contributed by atoms with Gasteiger partial charge in [0.2, 0.25) is 0 Å². The van der Waals surface area contributed by atoms with Crippen molar-refractivity contribution in [3.63, 3.8) is 0 Å². The molecule has 0 aliphatic rings. The van der Waals surface area contributed by atoms with Gasteiger partial charge in [0.05, 0.1) is 10.5 Å². The molecule has 16 heavy (non-hydrogen) atoms. The van der Waals surface area contributed by atoms with Gasteiger partial charge in [0.25, 0.3) is 10.0 Å². The largest absolute Gasteiger partial charge is 0.478 e. The van der Waals surface area contributed by atoms with Crippen LogP contribution in [0.1, 0.15) is 10.4 Å². The van der Waals surface area contributed by atoms with Gasteiger partial charge in [-0.2, -0.15) is 0 Å². The van der Waals surface area contributed by atoms with Crippen LogP contribution in [-0.4, -0.2) is 19.5 Å². The molecular formula is C7H5N3O4SZn. The Hall–Kier alpha value is -1.43. The summed E-state index contributed by atoms with van der Waals surface area (Å²) in [5.41, 5.74) is 7.94. The van der Waals surface area contributed by atoms with Crippen LogP contribution >= 0.6 is 0 Å². The van der Waals surface area contributed by atoms with Gasteiger partial charge in [-0.1, -0.05) is 0 Å². The molecule has 0 heterocycles. The standard InChI is InChI=1S/C7H5N3O4S.Zn/c8-9-10-15(13,14)6-3-1-5(2-4-6)7(11)12;/h1-4H,(H,11,12);. The Morgan fingerprint density at radius 3 is 2.19 bits per heavy atom. The van der Waals surface area contributed by atoms with Gasteiger partial charge < -0.3 is 5.11 Å². The smallest absolute Gasteiger partial charge is 0.335 e. The Balaban J connectivity index is 0.00000225. The molecule has 0 aliphatic carbocycles. The Kier molecular flexibility index (Phi) is 5.10. The number of nitrogens with zero attached hydrogens (tertiary/aromatic N) is 3. The van der Waals surface area contributed by atoms with Gasteiger partial charge in [-0.3, -0.25) is 0 Å².